The minimum atomic E-state index is 0.488. The first-order valence-corrected chi connectivity index (χ1v) is 5.71. The molecule has 0 aromatic carbocycles. The first kappa shape index (κ1) is 14.7. The fraction of sp³-hybridized carbons (Fsp3) is 0.667. The van der Waals surface area contributed by atoms with Crippen LogP contribution >= 0.6 is 0 Å². The molecule has 15 heavy (non-hydrogen) atoms. The van der Waals surface area contributed by atoms with Gasteiger partial charge in [0, 0.05) is 0 Å². The molecule has 0 spiro atoms. The smallest absolute Gasteiger partial charge is 0.113 e. The fourth-order valence-corrected chi connectivity index (χ4v) is 1.37. The van der Waals surface area contributed by atoms with E-state index in [1.165, 1.54) is 0 Å². The third-order valence-electron chi connectivity index (χ3n) is 2.62. The second kappa shape index (κ2) is 7.90. The average Bonchev–Trinajstić information content (AvgIpc) is 2.24. The molecule has 0 saturated carbocycles. The number of rotatable bonds is 6. The molecule has 0 N–H and O–H groups in total. The Morgan fingerprint density at radius 2 is 1.87 bits per heavy atom. The second-order valence-electron chi connectivity index (χ2n) is 3.90. The van der Waals surface area contributed by atoms with Crippen LogP contribution in [0.1, 0.15) is 40.0 Å². The van der Waals surface area contributed by atoms with Crippen molar-refractivity contribution < 1.29 is 0 Å². The lowest BCUT2D eigenvalue weighted by Gasteiger charge is -2.14. The highest BCUT2D eigenvalue weighted by Gasteiger charge is 2.03. The SMILES string of the molecule is [B]CC/C(C([B])=CC(C)CC)=C(\[B])CC. The molecule has 76 valence electrons. The summed E-state index contributed by atoms with van der Waals surface area (Å²) in [6.07, 6.45) is 5.34. The Kier molecular flexibility index (Phi) is 7.73. The summed E-state index contributed by atoms with van der Waals surface area (Å²) in [7, 11) is 17.5. The normalized spacial score (nSPS) is 16.1. The van der Waals surface area contributed by atoms with Crippen LogP contribution in [-0.2, 0) is 0 Å². The van der Waals surface area contributed by atoms with Gasteiger partial charge in [0.2, 0.25) is 0 Å². The van der Waals surface area contributed by atoms with Crippen LogP contribution in [0.5, 0.6) is 0 Å². The molecule has 0 amide bonds. The van der Waals surface area contributed by atoms with Crippen LogP contribution in [0.25, 0.3) is 0 Å². The number of hydrogen-bond donors (Lipinski definition) is 0. The van der Waals surface area contributed by atoms with E-state index in [1.807, 2.05) is 6.92 Å². The van der Waals surface area contributed by atoms with Gasteiger partial charge in [0.25, 0.3) is 0 Å². The lowest BCUT2D eigenvalue weighted by molar-refractivity contribution is 0.696. The van der Waals surface area contributed by atoms with E-state index in [9.17, 15) is 0 Å². The zero-order valence-corrected chi connectivity index (χ0v) is 10.2. The van der Waals surface area contributed by atoms with E-state index in [0.717, 1.165) is 35.8 Å². The quantitative estimate of drug-likeness (QED) is 0.452. The lowest BCUT2D eigenvalue weighted by atomic mass is 9.74. The van der Waals surface area contributed by atoms with E-state index >= 15 is 0 Å². The Morgan fingerprint density at radius 3 is 2.27 bits per heavy atom. The van der Waals surface area contributed by atoms with Crippen molar-refractivity contribution in [3.05, 3.63) is 22.6 Å². The van der Waals surface area contributed by atoms with E-state index in [-0.39, 0.29) is 0 Å². The summed E-state index contributed by atoms with van der Waals surface area (Å²) in [6.45, 7) is 6.32. The molecule has 0 aromatic rings. The predicted octanol–water partition coefficient (Wildman–Crippen LogP) is 2.89. The molecular formula is C12H19B3. The van der Waals surface area contributed by atoms with Crippen LogP contribution in [0.3, 0.4) is 0 Å². The van der Waals surface area contributed by atoms with Gasteiger partial charge in [-0.05, 0) is 18.8 Å². The van der Waals surface area contributed by atoms with Crippen LogP contribution in [-0.4, -0.2) is 23.5 Å². The van der Waals surface area contributed by atoms with Gasteiger partial charge in [0.05, 0.1) is 7.85 Å². The molecule has 0 rings (SSSR count). The van der Waals surface area contributed by atoms with Gasteiger partial charge in [0.15, 0.2) is 0 Å². The van der Waals surface area contributed by atoms with Gasteiger partial charge >= 0.3 is 0 Å². The Bertz CT molecular complexity index is 241. The van der Waals surface area contributed by atoms with Crippen molar-refractivity contribution in [2.24, 2.45) is 5.92 Å². The van der Waals surface area contributed by atoms with E-state index in [1.54, 1.807) is 0 Å². The van der Waals surface area contributed by atoms with Gasteiger partial charge in [-0.2, -0.15) is 0 Å². The van der Waals surface area contributed by atoms with Crippen molar-refractivity contribution in [2.45, 2.75) is 46.4 Å². The summed E-state index contributed by atoms with van der Waals surface area (Å²) in [4.78, 5) is 0. The molecule has 1 unspecified atom stereocenters. The Balaban J connectivity index is 4.85. The van der Waals surface area contributed by atoms with Crippen LogP contribution < -0.4 is 0 Å². The van der Waals surface area contributed by atoms with Crippen LogP contribution in [0.4, 0.5) is 0 Å². The maximum Gasteiger partial charge on any atom is 0.113 e. The van der Waals surface area contributed by atoms with E-state index in [2.05, 4.69) is 19.9 Å². The molecule has 0 nitrogen and oxygen atoms in total. The van der Waals surface area contributed by atoms with Crippen molar-refractivity contribution in [2.75, 3.05) is 0 Å². The fourth-order valence-electron chi connectivity index (χ4n) is 1.37. The second-order valence-corrected chi connectivity index (χ2v) is 3.90. The summed E-state index contributed by atoms with van der Waals surface area (Å²) in [6, 6.07) is 0. The van der Waals surface area contributed by atoms with Gasteiger partial charge in [0.1, 0.15) is 15.7 Å². The van der Waals surface area contributed by atoms with E-state index < -0.39 is 0 Å². The van der Waals surface area contributed by atoms with Crippen molar-refractivity contribution in [1.29, 1.82) is 0 Å². The lowest BCUT2D eigenvalue weighted by Crippen LogP contribution is -1.99. The van der Waals surface area contributed by atoms with Gasteiger partial charge in [-0.15, -0.1) is 5.47 Å². The van der Waals surface area contributed by atoms with Crippen molar-refractivity contribution in [3.8, 4) is 0 Å². The largest absolute Gasteiger partial charge is 0.115 e. The van der Waals surface area contributed by atoms with Gasteiger partial charge in [-0.3, -0.25) is 0 Å². The molecule has 0 aromatic heterocycles. The maximum atomic E-state index is 6.02. The summed E-state index contributed by atoms with van der Waals surface area (Å²) >= 11 is 0. The maximum absolute atomic E-state index is 6.02. The molecule has 1 atom stereocenters. The van der Waals surface area contributed by atoms with Gasteiger partial charge in [-0.1, -0.05) is 50.6 Å². The summed E-state index contributed by atoms with van der Waals surface area (Å²) in [5, 5.41) is 0. The molecule has 0 heterocycles. The first-order valence-electron chi connectivity index (χ1n) is 5.71. The van der Waals surface area contributed by atoms with Crippen molar-refractivity contribution in [1.82, 2.24) is 0 Å². The minimum absolute atomic E-state index is 0.488. The molecule has 0 bridgehead atoms. The van der Waals surface area contributed by atoms with Crippen molar-refractivity contribution in [3.63, 3.8) is 0 Å². The third-order valence-corrected chi connectivity index (χ3v) is 2.62. The van der Waals surface area contributed by atoms with Gasteiger partial charge in [-0.25, -0.2) is 0 Å². The zero-order chi connectivity index (χ0) is 11.8. The topological polar surface area (TPSA) is 0 Å². The molecule has 3 heteroatoms. The molecule has 6 radical (unpaired) electrons. The Labute approximate surface area is 98.8 Å². The van der Waals surface area contributed by atoms with Crippen molar-refractivity contribution >= 4 is 23.5 Å². The van der Waals surface area contributed by atoms with E-state index in [0.29, 0.717) is 12.2 Å². The Morgan fingerprint density at radius 1 is 1.27 bits per heavy atom. The standard InChI is InChI=1S/C12H19B3/c1-4-9(3)8-12(15)10(6-7-13)11(14)5-2/h8-9H,4-7H2,1-3H3/b11-10+,12-8?. The molecule has 0 saturated heterocycles. The molecule has 0 aliphatic rings. The average molecular weight is 196 g/mol. The molecule has 0 fully saturated rings. The number of hydrogen-bond acceptors (Lipinski definition) is 0. The van der Waals surface area contributed by atoms with E-state index in [4.69, 9.17) is 23.5 Å². The molecule has 0 aliphatic carbocycles. The molecular weight excluding hydrogens is 177 g/mol. The minimum Gasteiger partial charge on any atom is -0.115 e. The highest BCUT2D eigenvalue weighted by molar-refractivity contribution is 6.28. The predicted molar refractivity (Wildman–Crippen MR) is 71.5 cm³/mol. The summed E-state index contributed by atoms with van der Waals surface area (Å²) in [5.41, 5.74) is 2.69. The van der Waals surface area contributed by atoms with Crippen LogP contribution in [0.15, 0.2) is 22.6 Å². The third kappa shape index (κ3) is 5.34. The van der Waals surface area contributed by atoms with Crippen LogP contribution in [0, 0.1) is 5.92 Å². The van der Waals surface area contributed by atoms with Gasteiger partial charge < -0.3 is 0 Å². The molecule has 0 aliphatic heterocycles. The first-order chi connectivity index (χ1) is 7.06. The monoisotopic (exact) mass is 196 g/mol. The van der Waals surface area contributed by atoms with Crippen LogP contribution in [0.2, 0.25) is 6.32 Å². The highest BCUT2D eigenvalue weighted by Crippen LogP contribution is 2.20. The zero-order valence-electron chi connectivity index (χ0n) is 10.2. The summed E-state index contributed by atoms with van der Waals surface area (Å²) < 4.78 is 0. The summed E-state index contributed by atoms with van der Waals surface area (Å²) in [5.74, 6) is 0.488. The number of allylic oxidation sites excluding steroid dienone is 4. The Hall–Kier alpha value is -0.325. The highest BCUT2D eigenvalue weighted by atomic mass is 14.0.